The minimum absolute atomic E-state index is 0.134. The molecule has 0 bridgehead atoms. The molecule has 4 nitrogen and oxygen atoms in total. The summed E-state index contributed by atoms with van der Waals surface area (Å²) in [6.45, 7) is 6.09. The van der Waals surface area contributed by atoms with Crippen molar-refractivity contribution in [1.82, 2.24) is 5.32 Å². The predicted octanol–water partition coefficient (Wildman–Crippen LogP) is 5.06. The Hall–Kier alpha value is -2.11. The molecule has 2 aliphatic rings. The summed E-state index contributed by atoms with van der Waals surface area (Å²) in [6.07, 6.45) is 1.84. The molecule has 1 fully saturated rings. The normalized spacial score (nSPS) is 18.7. The summed E-state index contributed by atoms with van der Waals surface area (Å²) in [5.41, 5.74) is 2.34. The van der Waals surface area contributed by atoms with Crippen molar-refractivity contribution in [2.24, 2.45) is 4.99 Å². The van der Waals surface area contributed by atoms with Gasteiger partial charge in [-0.25, -0.2) is 4.39 Å². The number of nitrogens with one attached hydrogen (secondary N) is 3. The summed E-state index contributed by atoms with van der Waals surface area (Å²) in [7, 11) is 0. The lowest BCUT2D eigenvalue weighted by Crippen LogP contribution is -2.57. The maximum absolute atomic E-state index is 14.2. The zero-order valence-corrected chi connectivity index (χ0v) is 16.5. The fourth-order valence-corrected chi connectivity index (χ4v) is 3.70. The van der Waals surface area contributed by atoms with E-state index in [1.807, 2.05) is 32.0 Å². The van der Waals surface area contributed by atoms with Crippen LogP contribution in [0.5, 0.6) is 0 Å². The van der Waals surface area contributed by atoms with Crippen molar-refractivity contribution in [2.75, 3.05) is 23.7 Å². The van der Waals surface area contributed by atoms with E-state index in [1.54, 1.807) is 18.2 Å². The number of fused-ring (bicyclic) bond motifs is 1. The number of piperidine rings is 1. The maximum atomic E-state index is 14.2. The van der Waals surface area contributed by atoms with Gasteiger partial charge in [0.1, 0.15) is 11.7 Å². The van der Waals surface area contributed by atoms with E-state index in [9.17, 15) is 4.39 Å². The lowest BCUT2D eigenvalue weighted by Gasteiger charge is -2.44. The molecule has 144 valence electrons. The van der Waals surface area contributed by atoms with Crippen LogP contribution in [0, 0.1) is 5.82 Å². The number of halogens is 2. The Morgan fingerprint density at radius 2 is 1.74 bits per heavy atom. The molecule has 0 saturated carbocycles. The first-order valence-corrected chi connectivity index (χ1v) is 9.88. The molecular formula is C21H26ClFN4. The number of rotatable bonds is 2. The average Bonchev–Trinajstić information content (AvgIpc) is 2.71. The number of benzene rings is 2. The number of nitrogens with zero attached hydrogens (tertiary/aromatic N) is 1. The molecule has 2 aromatic carbocycles. The number of aliphatic imine (C=N–C) groups is 1. The highest BCUT2D eigenvalue weighted by atomic mass is 35.5. The summed E-state index contributed by atoms with van der Waals surface area (Å²) < 4.78 is 14.2. The Morgan fingerprint density at radius 3 is 2.48 bits per heavy atom. The van der Waals surface area contributed by atoms with E-state index < -0.39 is 5.82 Å². The van der Waals surface area contributed by atoms with Crippen LogP contribution in [0.4, 0.5) is 15.8 Å². The lowest BCUT2D eigenvalue weighted by molar-refractivity contribution is 0.419. The number of hydrogen-bond donors (Lipinski definition) is 3. The van der Waals surface area contributed by atoms with E-state index in [2.05, 4.69) is 22.0 Å². The Labute approximate surface area is 165 Å². The van der Waals surface area contributed by atoms with E-state index >= 15 is 0 Å². The minimum atomic E-state index is -0.392. The van der Waals surface area contributed by atoms with Gasteiger partial charge in [0.25, 0.3) is 0 Å². The van der Waals surface area contributed by atoms with E-state index in [-0.39, 0.29) is 17.1 Å². The van der Waals surface area contributed by atoms with Crippen LogP contribution < -0.4 is 16.0 Å². The Balaban J connectivity index is 0.00000102. The second kappa shape index (κ2) is 8.72. The van der Waals surface area contributed by atoms with Crippen LogP contribution in [0.3, 0.4) is 0 Å². The molecule has 1 saturated heterocycles. The third kappa shape index (κ3) is 4.09. The molecule has 27 heavy (non-hydrogen) atoms. The van der Waals surface area contributed by atoms with Crippen LogP contribution in [-0.2, 0) is 6.54 Å². The van der Waals surface area contributed by atoms with Gasteiger partial charge in [0.05, 0.1) is 28.5 Å². The van der Waals surface area contributed by atoms with Crippen LogP contribution in [0.2, 0.25) is 5.02 Å². The van der Waals surface area contributed by atoms with Gasteiger partial charge in [-0.15, -0.1) is 0 Å². The van der Waals surface area contributed by atoms with Gasteiger partial charge in [-0.3, -0.25) is 4.99 Å². The predicted molar refractivity (Wildman–Crippen MR) is 112 cm³/mol. The molecule has 2 aromatic rings. The molecule has 0 unspecified atom stereocenters. The first-order chi connectivity index (χ1) is 13.2. The van der Waals surface area contributed by atoms with Crippen molar-refractivity contribution >= 4 is 28.8 Å². The quantitative estimate of drug-likeness (QED) is 0.673. The average molecular weight is 389 g/mol. The van der Waals surface area contributed by atoms with Crippen molar-refractivity contribution in [1.29, 1.82) is 0 Å². The van der Waals surface area contributed by atoms with Gasteiger partial charge in [0.2, 0.25) is 0 Å². The maximum Gasteiger partial charge on any atom is 0.146 e. The topological polar surface area (TPSA) is 48.5 Å². The molecule has 0 aliphatic carbocycles. The number of para-hydroxylation sites is 2. The molecule has 1 spiro atoms. The molecule has 2 heterocycles. The number of anilines is 2. The van der Waals surface area contributed by atoms with E-state index in [0.717, 1.165) is 43.1 Å². The molecular weight excluding hydrogens is 363 g/mol. The van der Waals surface area contributed by atoms with Crippen LogP contribution in [0.25, 0.3) is 0 Å². The summed E-state index contributed by atoms with van der Waals surface area (Å²) in [5, 5.41) is 10.7. The Morgan fingerprint density at radius 1 is 1.04 bits per heavy atom. The van der Waals surface area contributed by atoms with Crippen molar-refractivity contribution in [2.45, 2.75) is 38.8 Å². The fourth-order valence-electron chi connectivity index (χ4n) is 3.51. The smallest absolute Gasteiger partial charge is 0.146 e. The highest BCUT2D eigenvalue weighted by molar-refractivity contribution is 6.30. The van der Waals surface area contributed by atoms with Gasteiger partial charge in [0, 0.05) is 5.56 Å². The zero-order valence-electron chi connectivity index (χ0n) is 15.8. The van der Waals surface area contributed by atoms with Gasteiger partial charge in [-0.1, -0.05) is 49.7 Å². The first kappa shape index (κ1) is 19.6. The second-order valence-electron chi connectivity index (χ2n) is 6.51. The highest BCUT2D eigenvalue weighted by Crippen LogP contribution is 2.36. The third-order valence-electron chi connectivity index (χ3n) is 4.90. The van der Waals surface area contributed by atoms with E-state index in [0.29, 0.717) is 5.56 Å². The summed E-state index contributed by atoms with van der Waals surface area (Å²) in [5.74, 6) is 0.476. The molecule has 0 atom stereocenters. The molecule has 2 aliphatic heterocycles. The van der Waals surface area contributed by atoms with Crippen LogP contribution in [0.15, 0.2) is 47.5 Å². The van der Waals surface area contributed by atoms with Crippen LogP contribution >= 0.6 is 11.6 Å². The third-order valence-corrected chi connectivity index (χ3v) is 5.20. The Kier molecular flexibility index (Phi) is 6.34. The van der Waals surface area contributed by atoms with Gasteiger partial charge in [0.15, 0.2) is 0 Å². The molecule has 0 amide bonds. The van der Waals surface area contributed by atoms with Crippen molar-refractivity contribution in [3.05, 3.63) is 58.9 Å². The molecule has 6 heteroatoms. The van der Waals surface area contributed by atoms with E-state index in [1.165, 1.54) is 0 Å². The van der Waals surface area contributed by atoms with Crippen LogP contribution in [-0.4, -0.2) is 24.5 Å². The van der Waals surface area contributed by atoms with Gasteiger partial charge in [-0.05, 0) is 44.1 Å². The lowest BCUT2D eigenvalue weighted by atomic mass is 9.84. The standard InChI is InChI=1S/C19H20ClFN4.C2H6/c20-14-5-3-4-13(17(14)21)12-23-18-19(8-10-22-11-9-19)25-16-7-2-1-6-15(16)24-18;1-2/h1-7,22,25H,8-12H2,(H,23,24);1-2H3. The SMILES string of the molecule is CC.Fc1c(Cl)cccc1CN=C1Nc2ccccc2NC12CCNCC2. The molecule has 0 radical (unpaired) electrons. The Bertz CT molecular complexity index is 816. The zero-order chi connectivity index (χ0) is 19.3. The number of amidine groups is 1. The second-order valence-corrected chi connectivity index (χ2v) is 6.91. The largest absolute Gasteiger partial charge is 0.371 e. The number of hydrogen-bond acceptors (Lipinski definition) is 3. The summed E-state index contributed by atoms with van der Waals surface area (Å²) in [6, 6.07) is 13.1. The van der Waals surface area contributed by atoms with E-state index in [4.69, 9.17) is 16.6 Å². The fraction of sp³-hybridized carbons (Fsp3) is 0.381. The van der Waals surface area contributed by atoms with Gasteiger partial charge < -0.3 is 16.0 Å². The van der Waals surface area contributed by atoms with Crippen molar-refractivity contribution < 1.29 is 4.39 Å². The van der Waals surface area contributed by atoms with Gasteiger partial charge in [-0.2, -0.15) is 0 Å². The van der Waals surface area contributed by atoms with Crippen molar-refractivity contribution in [3.8, 4) is 0 Å². The molecule has 4 rings (SSSR count). The highest BCUT2D eigenvalue weighted by Gasteiger charge is 2.40. The van der Waals surface area contributed by atoms with Crippen molar-refractivity contribution in [3.63, 3.8) is 0 Å². The molecule has 0 aromatic heterocycles. The van der Waals surface area contributed by atoms with Gasteiger partial charge >= 0.3 is 0 Å². The monoisotopic (exact) mass is 388 g/mol. The molecule has 3 N–H and O–H groups in total. The summed E-state index contributed by atoms with van der Waals surface area (Å²) >= 11 is 5.88. The minimum Gasteiger partial charge on any atom is -0.371 e. The summed E-state index contributed by atoms with van der Waals surface area (Å²) in [4.78, 5) is 4.75. The van der Waals surface area contributed by atoms with Crippen LogP contribution in [0.1, 0.15) is 32.3 Å². The first-order valence-electron chi connectivity index (χ1n) is 9.51.